The fourth-order valence-corrected chi connectivity index (χ4v) is 3.53. The zero-order chi connectivity index (χ0) is 16.4. The van der Waals surface area contributed by atoms with E-state index in [1.165, 1.54) is 5.56 Å². The minimum Gasteiger partial charge on any atom is -0.334 e. The summed E-state index contributed by atoms with van der Waals surface area (Å²) in [5, 5.41) is 2.85. The van der Waals surface area contributed by atoms with E-state index in [9.17, 15) is 13.2 Å². The second-order valence-electron chi connectivity index (χ2n) is 6.74. The lowest BCUT2D eigenvalue weighted by Gasteiger charge is -2.27. The number of carbonyl (C=O) groups excluding carboxylic acids is 1. The minimum absolute atomic E-state index is 0.0562. The van der Waals surface area contributed by atoms with Crippen LogP contribution in [-0.2, 0) is 21.8 Å². The zero-order valence-electron chi connectivity index (χ0n) is 13.4. The van der Waals surface area contributed by atoms with Gasteiger partial charge in [0.15, 0.2) is 9.84 Å². The number of amides is 2. The molecule has 0 radical (unpaired) electrons. The normalized spacial score (nSPS) is 18.0. The highest BCUT2D eigenvalue weighted by atomic mass is 32.2. The van der Waals surface area contributed by atoms with Crippen LogP contribution >= 0.6 is 0 Å². The molecule has 1 aliphatic heterocycles. The molecule has 22 heavy (non-hydrogen) atoms. The number of carbonyl (C=O) groups is 1. The van der Waals surface area contributed by atoms with E-state index < -0.39 is 9.84 Å². The van der Waals surface area contributed by atoms with E-state index in [1.807, 2.05) is 12.1 Å². The van der Waals surface area contributed by atoms with Crippen molar-refractivity contribution in [3.8, 4) is 0 Å². The van der Waals surface area contributed by atoms with Gasteiger partial charge in [0.1, 0.15) is 0 Å². The first kappa shape index (κ1) is 16.8. The fraction of sp³-hybridized carbons (Fsp3) is 0.562. The Morgan fingerprint density at radius 1 is 1.14 bits per heavy atom. The zero-order valence-corrected chi connectivity index (χ0v) is 14.2. The first-order valence-electron chi connectivity index (χ1n) is 7.50. The summed E-state index contributed by atoms with van der Waals surface area (Å²) in [4.78, 5) is 13.6. The maximum Gasteiger partial charge on any atom is 0.317 e. The summed E-state index contributed by atoms with van der Waals surface area (Å²) in [7, 11) is -2.96. The van der Waals surface area contributed by atoms with Crippen molar-refractivity contribution in [2.75, 3.05) is 24.6 Å². The average Bonchev–Trinajstić information content (AvgIpc) is 2.44. The SMILES string of the molecule is CC(C)(C)c1ccc(CNC(=O)N2CCS(=O)(=O)CC2)cc1. The summed E-state index contributed by atoms with van der Waals surface area (Å²) in [5.74, 6) is 0.112. The largest absolute Gasteiger partial charge is 0.334 e. The molecule has 0 unspecified atom stereocenters. The van der Waals surface area contributed by atoms with Gasteiger partial charge in [-0.1, -0.05) is 45.0 Å². The lowest BCUT2D eigenvalue weighted by atomic mass is 9.87. The van der Waals surface area contributed by atoms with Gasteiger partial charge in [-0.15, -0.1) is 0 Å². The minimum atomic E-state index is -2.96. The van der Waals surface area contributed by atoms with Crippen LogP contribution in [0.4, 0.5) is 4.79 Å². The van der Waals surface area contributed by atoms with Crippen LogP contribution < -0.4 is 5.32 Å². The van der Waals surface area contributed by atoms with Gasteiger partial charge in [-0.25, -0.2) is 13.2 Å². The van der Waals surface area contributed by atoms with E-state index in [0.717, 1.165) is 5.56 Å². The molecule has 0 saturated carbocycles. The Kier molecular flexibility index (Phi) is 4.80. The Balaban J connectivity index is 1.86. The third-order valence-electron chi connectivity index (χ3n) is 3.90. The topological polar surface area (TPSA) is 66.5 Å². The third kappa shape index (κ3) is 4.47. The standard InChI is InChI=1S/C16H24N2O3S/c1-16(2,3)14-6-4-13(5-7-14)12-17-15(19)18-8-10-22(20,21)11-9-18/h4-7H,8-12H2,1-3H3,(H,17,19). The second-order valence-corrected chi connectivity index (χ2v) is 9.05. The molecule has 5 nitrogen and oxygen atoms in total. The lowest BCUT2D eigenvalue weighted by molar-refractivity contribution is 0.202. The summed E-state index contributed by atoms with van der Waals surface area (Å²) in [6.07, 6.45) is 0. The van der Waals surface area contributed by atoms with Crippen LogP contribution in [0.5, 0.6) is 0 Å². The summed E-state index contributed by atoms with van der Waals surface area (Å²) < 4.78 is 22.7. The van der Waals surface area contributed by atoms with E-state index >= 15 is 0 Å². The average molecular weight is 324 g/mol. The predicted molar refractivity (Wildman–Crippen MR) is 87.6 cm³/mol. The highest BCUT2D eigenvalue weighted by Crippen LogP contribution is 2.22. The van der Waals surface area contributed by atoms with Gasteiger partial charge < -0.3 is 10.2 Å². The quantitative estimate of drug-likeness (QED) is 0.904. The van der Waals surface area contributed by atoms with E-state index in [-0.39, 0.29) is 36.0 Å². The summed E-state index contributed by atoms with van der Waals surface area (Å²) in [6.45, 7) is 7.48. The van der Waals surface area contributed by atoms with Crippen molar-refractivity contribution in [1.29, 1.82) is 0 Å². The summed E-state index contributed by atoms with van der Waals surface area (Å²) >= 11 is 0. The van der Waals surface area contributed by atoms with Crippen molar-refractivity contribution in [3.63, 3.8) is 0 Å². The molecule has 0 atom stereocenters. The van der Waals surface area contributed by atoms with Crippen LogP contribution in [0.2, 0.25) is 0 Å². The number of nitrogens with zero attached hydrogens (tertiary/aromatic N) is 1. The van der Waals surface area contributed by atoms with Crippen LogP contribution in [0.15, 0.2) is 24.3 Å². The Morgan fingerprint density at radius 2 is 1.68 bits per heavy atom. The molecule has 1 fully saturated rings. The van der Waals surface area contributed by atoms with Gasteiger partial charge in [0.05, 0.1) is 11.5 Å². The molecule has 122 valence electrons. The van der Waals surface area contributed by atoms with Crippen LogP contribution in [0.1, 0.15) is 31.9 Å². The molecule has 6 heteroatoms. The van der Waals surface area contributed by atoms with Crippen LogP contribution in [0, 0.1) is 0 Å². The molecule has 0 bridgehead atoms. The molecule has 1 aromatic rings. The van der Waals surface area contributed by atoms with E-state index in [2.05, 4.69) is 38.2 Å². The van der Waals surface area contributed by atoms with E-state index in [1.54, 1.807) is 4.90 Å². The number of nitrogens with one attached hydrogen (secondary N) is 1. The van der Waals surface area contributed by atoms with Gasteiger partial charge in [0.2, 0.25) is 0 Å². The molecular weight excluding hydrogens is 300 g/mol. The van der Waals surface area contributed by atoms with Crippen LogP contribution in [-0.4, -0.2) is 43.9 Å². The number of hydrogen-bond donors (Lipinski definition) is 1. The van der Waals surface area contributed by atoms with Gasteiger partial charge in [-0.05, 0) is 16.5 Å². The van der Waals surface area contributed by atoms with Crippen molar-refractivity contribution in [1.82, 2.24) is 10.2 Å². The molecule has 2 amide bonds. The van der Waals surface area contributed by atoms with Crippen LogP contribution in [0.3, 0.4) is 0 Å². The first-order valence-corrected chi connectivity index (χ1v) is 9.32. The van der Waals surface area contributed by atoms with Crippen molar-refractivity contribution >= 4 is 15.9 Å². The Hall–Kier alpha value is -1.56. The highest BCUT2D eigenvalue weighted by Gasteiger charge is 2.24. The number of urea groups is 1. The predicted octanol–water partition coefficient (Wildman–Crippen LogP) is 1.92. The van der Waals surface area contributed by atoms with E-state index in [4.69, 9.17) is 0 Å². The van der Waals surface area contributed by atoms with Crippen molar-refractivity contribution in [2.24, 2.45) is 0 Å². The highest BCUT2D eigenvalue weighted by molar-refractivity contribution is 7.91. The maximum absolute atomic E-state index is 12.0. The molecule has 0 aromatic heterocycles. The van der Waals surface area contributed by atoms with Crippen LogP contribution in [0.25, 0.3) is 0 Å². The summed E-state index contributed by atoms with van der Waals surface area (Å²) in [5.41, 5.74) is 2.40. The lowest BCUT2D eigenvalue weighted by Crippen LogP contribution is -2.47. The summed E-state index contributed by atoms with van der Waals surface area (Å²) in [6, 6.07) is 7.99. The third-order valence-corrected chi connectivity index (χ3v) is 5.50. The number of benzene rings is 1. The van der Waals surface area contributed by atoms with Crippen molar-refractivity contribution < 1.29 is 13.2 Å². The molecule has 1 aromatic carbocycles. The van der Waals surface area contributed by atoms with Gasteiger partial charge in [-0.2, -0.15) is 0 Å². The number of sulfone groups is 1. The second kappa shape index (κ2) is 6.28. The maximum atomic E-state index is 12.0. The molecule has 1 N–H and O–H groups in total. The number of rotatable bonds is 2. The molecule has 0 spiro atoms. The van der Waals surface area contributed by atoms with E-state index in [0.29, 0.717) is 6.54 Å². The van der Waals surface area contributed by atoms with Gasteiger partial charge in [-0.3, -0.25) is 0 Å². The first-order chi connectivity index (χ1) is 10.2. The fourth-order valence-electron chi connectivity index (χ4n) is 2.33. The Bertz CT molecular complexity index is 616. The molecule has 1 aliphatic rings. The van der Waals surface area contributed by atoms with Crippen molar-refractivity contribution in [2.45, 2.75) is 32.7 Å². The number of hydrogen-bond acceptors (Lipinski definition) is 3. The van der Waals surface area contributed by atoms with Gasteiger partial charge >= 0.3 is 6.03 Å². The van der Waals surface area contributed by atoms with Crippen molar-refractivity contribution in [3.05, 3.63) is 35.4 Å². The molecule has 1 saturated heterocycles. The van der Waals surface area contributed by atoms with Gasteiger partial charge in [0.25, 0.3) is 0 Å². The Labute approximate surface area is 132 Å². The molecule has 1 heterocycles. The monoisotopic (exact) mass is 324 g/mol. The Morgan fingerprint density at radius 3 is 2.18 bits per heavy atom. The molecule has 2 rings (SSSR count). The molecule has 0 aliphatic carbocycles. The smallest absolute Gasteiger partial charge is 0.317 e. The van der Waals surface area contributed by atoms with Gasteiger partial charge in [0, 0.05) is 19.6 Å². The molecular formula is C16H24N2O3S.